The maximum atomic E-state index is 11.8. The van der Waals surface area contributed by atoms with E-state index >= 15 is 0 Å². The van der Waals surface area contributed by atoms with Gasteiger partial charge in [-0.15, -0.1) is 0 Å². The molecule has 130 valence electrons. The molecule has 1 fully saturated rings. The first kappa shape index (κ1) is 19.4. The molecule has 0 aromatic heterocycles. The smallest absolute Gasteiger partial charge is 0.307 e. The van der Waals surface area contributed by atoms with E-state index in [1.165, 1.54) is 0 Å². The summed E-state index contributed by atoms with van der Waals surface area (Å²) in [4.78, 5) is 14.0. The average Bonchev–Trinajstić information content (AvgIpc) is 3.04. The zero-order valence-corrected chi connectivity index (χ0v) is 14.1. The average molecular weight is 317 g/mol. The fourth-order valence-electron chi connectivity index (χ4n) is 2.29. The normalized spacial score (nSPS) is 18.0. The van der Waals surface area contributed by atoms with Crippen molar-refractivity contribution in [1.29, 1.82) is 0 Å². The zero-order chi connectivity index (χ0) is 16.0. The van der Waals surface area contributed by atoms with Crippen LogP contribution in [-0.4, -0.2) is 76.2 Å². The first-order valence-corrected chi connectivity index (χ1v) is 8.41. The molecule has 0 N–H and O–H groups in total. The van der Waals surface area contributed by atoms with Crippen LogP contribution in [0.4, 0.5) is 0 Å². The van der Waals surface area contributed by atoms with Crippen LogP contribution in [0.3, 0.4) is 0 Å². The van der Waals surface area contributed by atoms with E-state index in [2.05, 4.69) is 4.90 Å². The number of hydrogen-bond acceptors (Lipinski definition) is 6. The van der Waals surface area contributed by atoms with Gasteiger partial charge in [-0.1, -0.05) is 0 Å². The van der Waals surface area contributed by atoms with Crippen molar-refractivity contribution in [3.05, 3.63) is 0 Å². The fraction of sp³-hybridized carbons (Fsp3) is 0.938. The molecule has 6 nitrogen and oxygen atoms in total. The van der Waals surface area contributed by atoms with E-state index in [9.17, 15) is 4.79 Å². The van der Waals surface area contributed by atoms with Crippen molar-refractivity contribution in [2.24, 2.45) is 0 Å². The third-order valence-electron chi connectivity index (χ3n) is 3.60. The van der Waals surface area contributed by atoms with E-state index in [0.29, 0.717) is 46.0 Å². The maximum Gasteiger partial charge on any atom is 0.307 e. The van der Waals surface area contributed by atoms with Crippen LogP contribution in [0.25, 0.3) is 0 Å². The molecule has 1 unspecified atom stereocenters. The predicted molar refractivity (Wildman–Crippen MR) is 84.0 cm³/mol. The van der Waals surface area contributed by atoms with Gasteiger partial charge in [0, 0.05) is 39.5 Å². The minimum absolute atomic E-state index is 0.0935. The number of esters is 1. The number of hydrogen-bond donors (Lipinski definition) is 0. The number of rotatable bonds is 13. The molecule has 0 aromatic rings. The summed E-state index contributed by atoms with van der Waals surface area (Å²) in [7, 11) is 0. The molecule has 0 spiro atoms. The van der Waals surface area contributed by atoms with E-state index in [1.807, 2.05) is 13.8 Å². The lowest BCUT2D eigenvalue weighted by Gasteiger charge is -2.21. The molecule has 0 bridgehead atoms. The number of carbonyl (C=O) groups is 1. The van der Waals surface area contributed by atoms with Gasteiger partial charge in [0.15, 0.2) is 0 Å². The Labute approximate surface area is 134 Å². The van der Waals surface area contributed by atoms with Crippen molar-refractivity contribution in [3.8, 4) is 0 Å². The summed E-state index contributed by atoms with van der Waals surface area (Å²) in [6, 6.07) is 0. The van der Waals surface area contributed by atoms with Gasteiger partial charge >= 0.3 is 5.97 Å². The summed E-state index contributed by atoms with van der Waals surface area (Å²) in [6.45, 7) is 10.2. The van der Waals surface area contributed by atoms with Gasteiger partial charge in [-0.05, 0) is 26.7 Å². The quantitative estimate of drug-likeness (QED) is 0.379. The Morgan fingerprint density at radius 2 is 1.82 bits per heavy atom. The number of nitrogens with zero attached hydrogens (tertiary/aromatic N) is 1. The Hall–Kier alpha value is -0.690. The SMILES string of the molecule is CCOCCN(CCOCC)CCC(=O)OCC1CCCO1. The minimum atomic E-state index is -0.159. The van der Waals surface area contributed by atoms with Gasteiger partial charge in [0.1, 0.15) is 6.61 Å². The van der Waals surface area contributed by atoms with Gasteiger partial charge < -0.3 is 18.9 Å². The molecule has 0 amide bonds. The summed E-state index contributed by atoms with van der Waals surface area (Å²) < 4.78 is 21.5. The molecule has 1 atom stereocenters. The van der Waals surface area contributed by atoms with E-state index in [0.717, 1.165) is 32.5 Å². The monoisotopic (exact) mass is 317 g/mol. The first-order valence-electron chi connectivity index (χ1n) is 8.41. The van der Waals surface area contributed by atoms with Crippen LogP contribution < -0.4 is 0 Å². The van der Waals surface area contributed by atoms with Gasteiger partial charge in [0.2, 0.25) is 0 Å². The molecule has 1 saturated heterocycles. The van der Waals surface area contributed by atoms with Crippen molar-refractivity contribution in [3.63, 3.8) is 0 Å². The topological polar surface area (TPSA) is 57.2 Å². The predicted octanol–water partition coefficient (Wildman–Crippen LogP) is 1.47. The van der Waals surface area contributed by atoms with Crippen LogP contribution >= 0.6 is 0 Å². The van der Waals surface area contributed by atoms with Gasteiger partial charge in [-0.2, -0.15) is 0 Å². The summed E-state index contributed by atoms with van der Waals surface area (Å²) >= 11 is 0. The van der Waals surface area contributed by atoms with Crippen LogP contribution in [0, 0.1) is 0 Å². The van der Waals surface area contributed by atoms with E-state index in [4.69, 9.17) is 18.9 Å². The zero-order valence-electron chi connectivity index (χ0n) is 14.1. The molecule has 1 aliphatic heterocycles. The van der Waals surface area contributed by atoms with Gasteiger partial charge in [0.05, 0.1) is 25.7 Å². The maximum absolute atomic E-state index is 11.8. The summed E-state index contributed by atoms with van der Waals surface area (Å²) in [5.74, 6) is -0.159. The molecule has 0 radical (unpaired) electrons. The van der Waals surface area contributed by atoms with Gasteiger partial charge in [0.25, 0.3) is 0 Å². The molecular formula is C16H31NO5. The van der Waals surface area contributed by atoms with Gasteiger partial charge in [-0.3, -0.25) is 9.69 Å². The number of ether oxygens (including phenoxy) is 4. The Morgan fingerprint density at radius 3 is 2.36 bits per heavy atom. The van der Waals surface area contributed by atoms with E-state index in [1.54, 1.807) is 0 Å². The second-order valence-corrected chi connectivity index (χ2v) is 5.30. The molecule has 0 aromatic carbocycles. The van der Waals surface area contributed by atoms with E-state index < -0.39 is 0 Å². The Balaban J connectivity index is 2.16. The van der Waals surface area contributed by atoms with Crippen molar-refractivity contribution >= 4 is 5.97 Å². The lowest BCUT2D eigenvalue weighted by Crippen LogP contribution is -2.33. The lowest BCUT2D eigenvalue weighted by atomic mass is 10.2. The molecule has 1 heterocycles. The molecule has 0 saturated carbocycles. The Kier molecular flexibility index (Phi) is 11.3. The minimum Gasteiger partial charge on any atom is -0.463 e. The highest BCUT2D eigenvalue weighted by Crippen LogP contribution is 2.12. The van der Waals surface area contributed by atoms with Crippen LogP contribution in [0.2, 0.25) is 0 Å². The number of carbonyl (C=O) groups excluding carboxylic acids is 1. The third kappa shape index (κ3) is 9.35. The Morgan fingerprint density at radius 1 is 1.14 bits per heavy atom. The fourth-order valence-corrected chi connectivity index (χ4v) is 2.29. The van der Waals surface area contributed by atoms with E-state index in [-0.39, 0.29) is 12.1 Å². The summed E-state index contributed by atoms with van der Waals surface area (Å²) in [6.07, 6.45) is 2.54. The third-order valence-corrected chi connectivity index (χ3v) is 3.60. The summed E-state index contributed by atoms with van der Waals surface area (Å²) in [5.41, 5.74) is 0. The van der Waals surface area contributed by atoms with Crippen LogP contribution in [-0.2, 0) is 23.7 Å². The van der Waals surface area contributed by atoms with Crippen molar-refractivity contribution < 1.29 is 23.7 Å². The second kappa shape index (κ2) is 12.8. The van der Waals surface area contributed by atoms with Crippen LogP contribution in [0.1, 0.15) is 33.1 Å². The van der Waals surface area contributed by atoms with Crippen molar-refractivity contribution in [2.75, 3.05) is 59.3 Å². The standard InChI is InChI=1S/C16H31NO5/c1-3-19-12-9-17(10-13-20-4-2)8-7-16(18)22-14-15-6-5-11-21-15/h15H,3-14H2,1-2H3. The molecule has 22 heavy (non-hydrogen) atoms. The van der Waals surface area contributed by atoms with Gasteiger partial charge in [-0.25, -0.2) is 0 Å². The molecule has 0 aliphatic carbocycles. The largest absolute Gasteiger partial charge is 0.463 e. The van der Waals surface area contributed by atoms with Crippen LogP contribution in [0.15, 0.2) is 0 Å². The lowest BCUT2D eigenvalue weighted by molar-refractivity contribution is -0.147. The van der Waals surface area contributed by atoms with Crippen molar-refractivity contribution in [2.45, 2.75) is 39.2 Å². The summed E-state index contributed by atoms with van der Waals surface area (Å²) in [5, 5.41) is 0. The van der Waals surface area contributed by atoms with Crippen molar-refractivity contribution in [1.82, 2.24) is 4.90 Å². The highest BCUT2D eigenvalue weighted by molar-refractivity contribution is 5.69. The molecule has 6 heteroatoms. The molecular weight excluding hydrogens is 286 g/mol. The Bertz CT molecular complexity index is 272. The molecule has 1 aliphatic rings. The second-order valence-electron chi connectivity index (χ2n) is 5.30. The van der Waals surface area contributed by atoms with Crippen LogP contribution in [0.5, 0.6) is 0 Å². The highest BCUT2D eigenvalue weighted by atomic mass is 16.6. The highest BCUT2D eigenvalue weighted by Gasteiger charge is 2.17. The molecule has 1 rings (SSSR count). The first-order chi connectivity index (χ1) is 10.8.